The number of aryl methyl sites for hydroxylation is 1. The number of hydrogen-bond donors (Lipinski definition) is 2. The molecule has 0 aliphatic carbocycles. The third-order valence-corrected chi connectivity index (χ3v) is 5.66. The lowest BCUT2D eigenvalue weighted by atomic mass is 10.1. The average Bonchev–Trinajstić information content (AvgIpc) is 2.56. The molecule has 0 heterocycles. The van der Waals surface area contributed by atoms with Gasteiger partial charge >= 0.3 is 0 Å². The first kappa shape index (κ1) is 16.1. The summed E-state index contributed by atoms with van der Waals surface area (Å²) in [4.78, 5) is 0.437. The Morgan fingerprint density at radius 1 is 0.750 bits per heavy atom. The van der Waals surface area contributed by atoms with Crippen molar-refractivity contribution in [3.8, 4) is 11.1 Å². The molecule has 0 aliphatic heterocycles. The molecule has 0 unspecified atom stereocenters. The van der Waals surface area contributed by atoms with E-state index in [-0.39, 0.29) is 9.79 Å². The van der Waals surface area contributed by atoms with Gasteiger partial charge in [0.1, 0.15) is 0 Å². The van der Waals surface area contributed by atoms with Gasteiger partial charge in [0.15, 0.2) is 0 Å². The second kappa shape index (κ2) is 6.02. The summed E-state index contributed by atoms with van der Waals surface area (Å²) in [6.07, 6.45) is 0. The van der Waals surface area contributed by atoms with Crippen LogP contribution >= 0.6 is 0 Å². The summed E-state index contributed by atoms with van der Waals surface area (Å²) < 4.78 is 26.2. The number of anilines is 2. The van der Waals surface area contributed by atoms with Crippen LogP contribution in [0.15, 0.2) is 76.5 Å². The highest BCUT2D eigenvalue weighted by atomic mass is 32.2. The van der Waals surface area contributed by atoms with Crippen LogP contribution in [-0.4, -0.2) is 8.42 Å². The molecule has 0 fully saturated rings. The predicted octanol–water partition coefficient (Wildman–Crippen LogP) is 3.66. The van der Waals surface area contributed by atoms with Crippen LogP contribution in [0.4, 0.5) is 11.4 Å². The monoisotopic (exact) mass is 338 g/mol. The molecule has 3 rings (SSSR count). The molecule has 0 bridgehead atoms. The van der Waals surface area contributed by atoms with Gasteiger partial charge in [-0.2, -0.15) is 0 Å². The van der Waals surface area contributed by atoms with E-state index in [2.05, 4.69) is 0 Å². The zero-order chi connectivity index (χ0) is 17.3. The molecule has 24 heavy (non-hydrogen) atoms. The van der Waals surface area contributed by atoms with Gasteiger partial charge < -0.3 is 11.5 Å². The van der Waals surface area contributed by atoms with E-state index >= 15 is 0 Å². The summed E-state index contributed by atoms with van der Waals surface area (Å²) in [5.41, 5.74) is 15.0. The van der Waals surface area contributed by atoms with Crippen molar-refractivity contribution in [2.75, 3.05) is 11.5 Å². The standard InChI is InChI=1S/C19H18N2O2S/c1-13-2-9-17(10-3-13)24(22,23)19-12-16(21)8-11-18(19)14-4-6-15(20)7-5-14/h2-12H,20-21H2,1H3. The van der Waals surface area contributed by atoms with E-state index in [4.69, 9.17) is 11.5 Å². The third kappa shape index (κ3) is 2.98. The molecule has 0 saturated carbocycles. The van der Waals surface area contributed by atoms with Crippen molar-refractivity contribution in [1.82, 2.24) is 0 Å². The van der Waals surface area contributed by atoms with Crippen LogP contribution in [0.2, 0.25) is 0 Å². The highest BCUT2D eigenvalue weighted by Crippen LogP contribution is 2.33. The van der Waals surface area contributed by atoms with E-state index in [0.717, 1.165) is 11.1 Å². The molecule has 122 valence electrons. The average molecular weight is 338 g/mol. The quantitative estimate of drug-likeness (QED) is 0.714. The molecule has 0 aromatic heterocycles. The van der Waals surface area contributed by atoms with Crippen LogP contribution in [0.1, 0.15) is 5.56 Å². The number of benzene rings is 3. The van der Waals surface area contributed by atoms with E-state index in [0.29, 0.717) is 16.9 Å². The Hall–Kier alpha value is -2.79. The van der Waals surface area contributed by atoms with Gasteiger partial charge in [-0.05, 0) is 48.9 Å². The largest absolute Gasteiger partial charge is 0.399 e. The lowest BCUT2D eigenvalue weighted by molar-refractivity contribution is 0.596. The maximum Gasteiger partial charge on any atom is 0.207 e. The van der Waals surface area contributed by atoms with E-state index in [1.165, 1.54) is 6.07 Å². The fourth-order valence-electron chi connectivity index (χ4n) is 2.51. The molecular weight excluding hydrogens is 320 g/mol. The zero-order valence-corrected chi connectivity index (χ0v) is 14.0. The lowest BCUT2D eigenvalue weighted by Gasteiger charge is -2.12. The molecular formula is C19H18N2O2S. The molecule has 0 atom stereocenters. The molecule has 0 radical (unpaired) electrons. The Labute approximate surface area is 141 Å². The summed E-state index contributed by atoms with van der Waals surface area (Å²) in [5.74, 6) is 0. The van der Waals surface area contributed by atoms with Crippen LogP contribution in [0.25, 0.3) is 11.1 Å². The smallest absolute Gasteiger partial charge is 0.207 e. The van der Waals surface area contributed by atoms with Gasteiger partial charge in [0.25, 0.3) is 0 Å². The normalized spacial score (nSPS) is 11.4. The van der Waals surface area contributed by atoms with Gasteiger partial charge in [-0.1, -0.05) is 35.9 Å². The second-order valence-corrected chi connectivity index (χ2v) is 7.61. The van der Waals surface area contributed by atoms with Crippen LogP contribution in [0, 0.1) is 6.92 Å². The Bertz CT molecular complexity index is 977. The summed E-state index contributed by atoms with van der Waals surface area (Å²) in [6, 6.07) is 18.8. The van der Waals surface area contributed by atoms with Crippen molar-refractivity contribution in [3.05, 3.63) is 72.3 Å². The fraction of sp³-hybridized carbons (Fsp3) is 0.0526. The van der Waals surface area contributed by atoms with Gasteiger partial charge in [0.2, 0.25) is 9.84 Å². The molecule has 0 aliphatic rings. The Morgan fingerprint density at radius 2 is 1.33 bits per heavy atom. The van der Waals surface area contributed by atoms with E-state index in [1.807, 2.05) is 6.92 Å². The van der Waals surface area contributed by atoms with Gasteiger partial charge in [-0.15, -0.1) is 0 Å². The minimum atomic E-state index is -3.68. The SMILES string of the molecule is Cc1ccc(S(=O)(=O)c2cc(N)ccc2-c2ccc(N)cc2)cc1. The predicted molar refractivity (Wildman–Crippen MR) is 97.3 cm³/mol. The van der Waals surface area contributed by atoms with Crippen LogP contribution in [-0.2, 0) is 9.84 Å². The molecule has 0 amide bonds. The summed E-state index contributed by atoms with van der Waals surface area (Å²) in [5, 5.41) is 0. The van der Waals surface area contributed by atoms with Crippen molar-refractivity contribution >= 4 is 21.2 Å². The number of sulfone groups is 1. The maximum atomic E-state index is 13.1. The summed E-state index contributed by atoms with van der Waals surface area (Å²) in [6.45, 7) is 1.91. The van der Waals surface area contributed by atoms with Crippen molar-refractivity contribution in [2.24, 2.45) is 0 Å². The fourth-order valence-corrected chi connectivity index (χ4v) is 4.02. The topological polar surface area (TPSA) is 86.2 Å². The molecule has 0 spiro atoms. The highest BCUT2D eigenvalue weighted by molar-refractivity contribution is 7.91. The highest BCUT2D eigenvalue weighted by Gasteiger charge is 2.22. The van der Waals surface area contributed by atoms with Gasteiger partial charge in [-0.25, -0.2) is 8.42 Å². The van der Waals surface area contributed by atoms with Crippen LogP contribution < -0.4 is 11.5 Å². The van der Waals surface area contributed by atoms with Crippen molar-refractivity contribution in [2.45, 2.75) is 16.7 Å². The Kier molecular flexibility index (Phi) is 4.03. The molecule has 4 nitrogen and oxygen atoms in total. The van der Waals surface area contributed by atoms with Crippen LogP contribution in [0.3, 0.4) is 0 Å². The van der Waals surface area contributed by atoms with Crippen LogP contribution in [0.5, 0.6) is 0 Å². The molecule has 0 saturated heterocycles. The van der Waals surface area contributed by atoms with E-state index in [9.17, 15) is 8.42 Å². The minimum absolute atomic E-state index is 0.191. The van der Waals surface area contributed by atoms with E-state index < -0.39 is 9.84 Å². The number of nitrogen functional groups attached to an aromatic ring is 2. The first-order valence-electron chi connectivity index (χ1n) is 7.45. The molecule has 4 N–H and O–H groups in total. The first-order chi connectivity index (χ1) is 11.4. The van der Waals surface area contributed by atoms with E-state index in [1.54, 1.807) is 60.7 Å². The lowest BCUT2D eigenvalue weighted by Crippen LogP contribution is -2.05. The first-order valence-corrected chi connectivity index (χ1v) is 8.93. The van der Waals surface area contributed by atoms with Gasteiger partial charge in [0.05, 0.1) is 9.79 Å². The second-order valence-electron chi connectivity index (χ2n) is 5.69. The number of hydrogen-bond acceptors (Lipinski definition) is 4. The maximum absolute atomic E-state index is 13.1. The van der Waals surface area contributed by atoms with Crippen molar-refractivity contribution in [3.63, 3.8) is 0 Å². The van der Waals surface area contributed by atoms with Gasteiger partial charge in [-0.3, -0.25) is 0 Å². The summed E-state index contributed by atoms with van der Waals surface area (Å²) in [7, 11) is -3.68. The Balaban J connectivity index is 2.21. The Morgan fingerprint density at radius 3 is 1.96 bits per heavy atom. The molecule has 3 aromatic carbocycles. The third-order valence-electron chi connectivity index (χ3n) is 3.85. The number of nitrogens with two attached hydrogens (primary N) is 2. The molecule has 5 heteroatoms. The molecule has 3 aromatic rings. The van der Waals surface area contributed by atoms with Crippen molar-refractivity contribution < 1.29 is 8.42 Å². The van der Waals surface area contributed by atoms with Gasteiger partial charge in [0, 0.05) is 16.9 Å². The summed E-state index contributed by atoms with van der Waals surface area (Å²) >= 11 is 0. The minimum Gasteiger partial charge on any atom is -0.399 e. The van der Waals surface area contributed by atoms with Crippen molar-refractivity contribution in [1.29, 1.82) is 0 Å². The number of rotatable bonds is 3. The zero-order valence-electron chi connectivity index (χ0n) is 13.2.